The Morgan fingerprint density at radius 3 is 1.67 bits per heavy atom. The van der Waals surface area contributed by atoms with Gasteiger partial charge in [-0.25, -0.2) is 0 Å². The molecular formula is C31H29NO. The lowest BCUT2D eigenvalue weighted by Crippen LogP contribution is -2.62. The summed E-state index contributed by atoms with van der Waals surface area (Å²) in [7, 11) is 0. The first-order valence-corrected chi connectivity index (χ1v) is 11.7. The maximum atomic E-state index is 14.0. The molecule has 164 valence electrons. The fraction of sp³-hybridized carbons (Fsp3) is 0.194. The van der Waals surface area contributed by atoms with E-state index in [1.54, 1.807) is 0 Å². The quantitative estimate of drug-likeness (QED) is 0.344. The molecule has 0 aromatic heterocycles. The number of amides is 1. The summed E-state index contributed by atoms with van der Waals surface area (Å²) < 4.78 is 0. The van der Waals surface area contributed by atoms with Gasteiger partial charge in [0.15, 0.2) is 0 Å². The molecule has 4 aromatic rings. The lowest BCUT2D eigenvalue weighted by Gasteiger charge is -2.63. The number of carbonyl (C=O) groups excluding carboxylic acids is 1. The number of benzene rings is 4. The number of rotatable bonds is 6. The molecule has 0 spiro atoms. The molecule has 0 heterocycles. The van der Waals surface area contributed by atoms with Gasteiger partial charge in [-0.15, -0.1) is 0 Å². The predicted octanol–water partition coefficient (Wildman–Crippen LogP) is 7.20. The number of hydrogen-bond donors (Lipinski definition) is 1. The van der Waals surface area contributed by atoms with Crippen LogP contribution in [0.4, 0.5) is 5.69 Å². The monoisotopic (exact) mass is 431 g/mol. The fourth-order valence-corrected chi connectivity index (χ4v) is 5.94. The van der Waals surface area contributed by atoms with Gasteiger partial charge in [-0.2, -0.15) is 0 Å². The lowest BCUT2D eigenvalue weighted by atomic mass is 9.39. The van der Waals surface area contributed by atoms with Gasteiger partial charge in [-0.1, -0.05) is 116 Å². The summed E-state index contributed by atoms with van der Waals surface area (Å²) in [5, 5.41) is 3.24. The van der Waals surface area contributed by atoms with Crippen molar-refractivity contribution in [1.82, 2.24) is 0 Å². The summed E-state index contributed by atoms with van der Waals surface area (Å²) in [5.74, 6) is 0.122. The summed E-state index contributed by atoms with van der Waals surface area (Å²) in [6, 6.07) is 41.8. The van der Waals surface area contributed by atoms with E-state index >= 15 is 0 Å². The summed E-state index contributed by atoms with van der Waals surface area (Å²) in [4.78, 5) is 14.0. The first-order chi connectivity index (χ1) is 16.2. The molecule has 1 aliphatic rings. The van der Waals surface area contributed by atoms with Gasteiger partial charge in [0.05, 0.1) is 5.41 Å². The molecular weight excluding hydrogens is 402 g/mol. The fourth-order valence-electron chi connectivity index (χ4n) is 5.94. The zero-order chi connectivity index (χ0) is 22.7. The van der Waals surface area contributed by atoms with Crippen molar-refractivity contribution >= 4 is 11.6 Å². The van der Waals surface area contributed by atoms with E-state index in [2.05, 4.69) is 97.2 Å². The van der Waals surface area contributed by atoms with E-state index < -0.39 is 5.41 Å². The highest BCUT2D eigenvalue weighted by Crippen LogP contribution is 2.69. The molecule has 1 unspecified atom stereocenters. The summed E-state index contributed by atoms with van der Waals surface area (Å²) in [5.41, 5.74) is 3.81. The minimum atomic E-state index is -0.511. The molecule has 4 aromatic carbocycles. The van der Waals surface area contributed by atoms with Gasteiger partial charge in [0.25, 0.3) is 0 Å². The average molecular weight is 432 g/mol. The van der Waals surface area contributed by atoms with Crippen LogP contribution < -0.4 is 5.32 Å². The molecule has 1 saturated carbocycles. The van der Waals surface area contributed by atoms with Gasteiger partial charge in [0.2, 0.25) is 5.91 Å². The number of anilines is 1. The third kappa shape index (κ3) is 3.47. The Balaban J connectivity index is 1.69. The van der Waals surface area contributed by atoms with E-state index in [-0.39, 0.29) is 17.2 Å². The molecule has 2 heteroatoms. The molecule has 1 fully saturated rings. The van der Waals surface area contributed by atoms with Gasteiger partial charge in [0, 0.05) is 17.0 Å². The van der Waals surface area contributed by atoms with Crippen molar-refractivity contribution < 1.29 is 4.79 Å². The normalized spacial score (nSPS) is 21.1. The molecule has 5 rings (SSSR count). The first-order valence-electron chi connectivity index (χ1n) is 11.7. The molecule has 1 amide bonds. The molecule has 2 atom stereocenters. The van der Waals surface area contributed by atoms with Crippen molar-refractivity contribution in [3.8, 4) is 0 Å². The van der Waals surface area contributed by atoms with Crippen molar-refractivity contribution in [3.63, 3.8) is 0 Å². The Morgan fingerprint density at radius 2 is 1.18 bits per heavy atom. The maximum absolute atomic E-state index is 14.0. The van der Waals surface area contributed by atoms with Crippen LogP contribution in [-0.2, 0) is 10.2 Å². The van der Waals surface area contributed by atoms with E-state index in [1.807, 2.05) is 36.4 Å². The topological polar surface area (TPSA) is 29.1 Å². The molecule has 1 aliphatic carbocycles. The Kier molecular flexibility index (Phi) is 5.60. The Labute approximate surface area is 196 Å². The third-order valence-electron chi connectivity index (χ3n) is 7.47. The van der Waals surface area contributed by atoms with Gasteiger partial charge >= 0.3 is 0 Å². The molecule has 1 N–H and O–H groups in total. The summed E-state index contributed by atoms with van der Waals surface area (Å²) in [6.07, 6.45) is 1.54. The minimum Gasteiger partial charge on any atom is -0.326 e. The first kappa shape index (κ1) is 21.2. The number of carbonyl (C=O) groups is 1. The smallest absolute Gasteiger partial charge is 0.231 e. The molecule has 0 bridgehead atoms. The third-order valence-corrected chi connectivity index (χ3v) is 7.47. The largest absolute Gasteiger partial charge is 0.326 e. The van der Waals surface area contributed by atoms with Crippen LogP contribution in [-0.4, -0.2) is 5.91 Å². The standard InChI is InChI=1S/C31H29NO/c1-2-30(29(33)32-27-21-13-6-14-22-27)23-31(25-17-9-4-10-18-25,26-19-11-5-12-20-26)28(30)24-15-7-3-8-16-24/h3-22,28H,2,23H2,1H3,(H,32,33)/t28-,30?/m0/s1. The van der Waals surface area contributed by atoms with Crippen LogP contribution >= 0.6 is 0 Å². The van der Waals surface area contributed by atoms with Crippen molar-refractivity contribution in [2.75, 3.05) is 5.32 Å². The number of nitrogens with one attached hydrogen (secondary N) is 1. The highest BCUT2D eigenvalue weighted by atomic mass is 16.2. The minimum absolute atomic E-state index is 0.0183. The van der Waals surface area contributed by atoms with Crippen molar-refractivity contribution in [2.24, 2.45) is 5.41 Å². The predicted molar refractivity (Wildman–Crippen MR) is 135 cm³/mol. The second kappa shape index (κ2) is 8.71. The Bertz CT molecular complexity index is 1170. The van der Waals surface area contributed by atoms with Gasteiger partial charge < -0.3 is 5.32 Å². The van der Waals surface area contributed by atoms with Crippen molar-refractivity contribution in [2.45, 2.75) is 31.1 Å². The summed E-state index contributed by atoms with van der Waals surface area (Å²) in [6.45, 7) is 2.15. The van der Waals surface area contributed by atoms with Crippen molar-refractivity contribution in [1.29, 1.82) is 0 Å². The van der Waals surface area contributed by atoms with E-state index in [4.69, 9.17) is 0 Å². The van der Waals surface area contributed by atoms with Crippen LogP contribution in [0.25, 0.3) is 0 Å². The number of hydrogen-bond acceptors (Lipinski definition) is 1. The van der Waals surface area contributed by atoms with E-state index in [1.165, 1.54) is 16.7 Å². The zero-order valence-corrected chi connectivity index (χ0v) is 18.9. The maximum Gasteiger partial charge on any atom is 0.231 e. The van der Waals surface area contributed by atoms with E-state index in [0.717, 1.165) is 18.5 Å². The highest BCUT2D eigenvalue weighted by Gasteiger charge is 2.67. The Morgan fingerprint density at radius 1 is 0.727 bits per heavy atom. The van der Waals surface area contributed by atoms with E-state index in [0.29, 0.717) is 0 Å². The molecule has 0 radical (unpaired) electrons. The van der Waals surface area contributed by atoms with Crippen LogP contribution in [0, 0.1) is 5.41 Å². The van der Waals surface area contributed by atoms with Crippen molar-refractivity contribution in [3.05, 3.63) is 138 Å². The van der Waals surface area contributed by atoms with Gasteiger partial charge in [0.1, 0.15) is 0 Å². The zero-order valence-electron chi connectivity index (χ0n) is 18.9. The highest BCUT2D eigenvalue weighted by molar-refractivity contribution is 5.98. The van der Waals surface area contributed by atoms with Crippen LogP contribution in [0.3, 0.4) is 0 Å². The van der Waals surface area contributed by atoms with E-state index in [9.17, 15) is 4.79 Å². The average Bonchev–Trinajstić information content (AvgIpc) is 2.87. The van der Waals surface area contributed by atoms with Gasteiger partial charge in [-0.3, -0.25) is 4.79 Å². The molecule has 0 saturated heterocycles. The van der Waals surface area contributed by atoms with Crippen LogP contribution in [0.15, 0.2) is 121 Å². The van der Waals surface area contributed by atoms with Crippen LogP contribution in [0.2, 0.25) is 0 Å². The second-order valence-corrected chi connectivity index (χ2v) is 9.05. The van der Waals surface area contributed by atoms with Gasteiger partial charge in [-0.05, 0) is 41.7 Å². The number of para-hydroxylation sites is 1. The Hall–Kier alpha value is -3.65. The molecule has 33 heavy (non-hydrogen) atoms. The lowest BCUT2D eigenvalue weighted by molar-refractivity contribution is -0.138. The second-order valence-electron chi connectivity index (χ2n) is 9.05. The van der Waals surface area contributed by atoms with Crippen LogP contribution in [0.1, 0.15) is 42.4 Å². The SMILES string of the molecule is CCC1(C(=O)Nc2ccccc2)CC(c2ccccc2)(c2ccccc2)[C@H]1c1ccccc1. The summed E-state index contributed by atoms with van der Waals surface area (Å²) >= 11 is 0. The molecule has 2 nitrogen and oxygen atoms in total. The van der Waals surface area contributed by atoms with Crippen LogP contribution in [0.5, 0.6) is 0 Å². The molecule has 0 aliphatic heterocycles.